The van der Waals surface area contributed by atoms with Crippen molar-refractivity contribution in [1.29, 1.82) is 0 Å². The average molecular weight is 391 g/mol. The molecule has 5 nitrogen and oxygen atoms in total. The molecular formula is C22H19ClN4O. The Labute approximate surface area is 168 Å². The van der Waals surface area contributed by atoms with Gasteiger partial charge in [-0.15, -0.1) is 0 Å². The lowest BCUT2D eigenvalue weighted by Crippen LogP contribution is -2.25. The highest BCUT2D eigenvalue weighted by Crippen LogP contribution is 2.29. The van der Waals surface area contributed by atoms with E-state index in [1.165, 1.54) is 0 Å². The number of pyridine rings is 2. The molecule has 1 amide bonds. The zero-order chi connectivity index (χ0) is 19.3. The van der Waals surface area contributed by atoms with Crippen LogP contribution in [0.25, 0.3) is 5.65 Å². The molecule has 1 unspecified atom stereocenters. The van der Waals surface area contributed by atoms with Crippen LogP contribution in [-0.2, 0) is 11.3 Å². The Morgan fingerprint density at radius 2 is 1.86 bits per heavy atom. The molecule has 28 heavy (non-hydrogen) atoms. The molecule has 0 fully saturated rings. The second kappa shape index (κ2) is 8.23. The highest BCUT2D eigenvalue weighted by atomic mass is 35.5. The molecule has 4 rings (SSSR count). The van der Waals surface area contributed by atoms with Gasteiger partial charge in [0.1, 0.15) is 5.65 Å². The highest BCUT2D eigenvalue weighted by Gasteiger charge is 2.22. The third-order valence-electron chi connectivity index (χ3n) is 4.64. The first-order valence-electron chi connectivity index (χ1n) is 9.05. The van der Waals surface area contributed by atoms with E-state index < -0.39 is 0 Å². The van der Waals surface area contributed by atoms with Gasteiger partial charge in [0.15, 0.2) is 0 Å². The van der Waals surface area contributed by atoms with Crippen LogP contribution < -0.4 is 5.32 Å². The number of hydrogen-bond acceptors (Lipinski definition) is 3. The lowest BCUT2D eigenvalue weighted by molar-refractivity contribution is -0.121. The van der Waals surface area contributed by atoms with E-state index in [4.69, 9.17) is 11.6 Å². The van der Waals surface area contributed by atoms with Gasteiger partial charge in [-0.1, -0.05) is 48.0 Å². The number of fused-ring (bicyclic) bond motifs is 1. The first kappa shape index (κ1) is 18.2. The fourth-order valence-corrected chi connectivity index (χ4v) is 3.42. The van der Waals surface area contributed by atoms with Crippen molar-refractivity contribution in [1.82, 2.24) is 19.7 Å². The first-order chi connectivity index (χ1) is 13.7. The van der Waals surface area contributed by atoms with Gasteiger partial charge in [0.05, 0.1) is 23.0 Å². The molecule has 1 N–H and O–H groups in total. The molecule has 4 aromatic rings. The topological polar surface area (TPSA) is 59.3 Å². The minimum Gasteiger partial charge on any atom is -0.350 e. The summed E-state index contributed by atoms with van der Waals surface area (Å²) >= 11 is 6.19. The summed E-state index contributed by atoms with van der Waals surface area (Å²) in [5, 5.41) is 3.59. The Morgan fingerprint density at radius 1 is 1.04 bits per heavy atom. The molecular weight excluding hydrogens is 372 g/mol. The quantitative estimate of drug-likeness (QED) is 0.536. The van der Waals surface area contributed by atoms with Gasteiger partial charge in [-0.25, -0.2) is 4.98 Å². The molecule has 0 spiro atoms. The third-order valence-corrected chi connectivity index (χ3v) is 4.86. The van der Waals surface area contributed by atoms with Gasteiger partial charge in [-0.3, -0.25) is 9.78 Å². The van der Waals surface area contributed by atoms with E-state index in [0.717, 1.165) is 22.6 Å². The minimum absolute atomic E-state index is 0.0449. The molecule has 0 aliphatic carbocycles. The zero-order valence-electron chi connectivity index (χ0n) is 15.1. The number of carbonyl (C=O) groups excluding carboxylic acids is 1. The molecule has 1 aromatic carbocycles. The van der Waals surface area contributed by atoms with Crippen LogP contribution in [0.3, 0.4) is 0 Å². The fourth-order valence-electron chi connectivity index (χ4n) is 3.26. The minimum atomic E-state index is -0.140. The van der Waals surface area contributed by atoms with E-state index >= 15 is 0 Å². The number of aromatic nitrogens is 3. The Morgan fingerprint density at radius 3 is 2.64 bits per heavy atom. The van der Waals surface area contributed by atoms with Crippen LogP contribution in [0, 0.1) is 0 Å². The molecule has 3 aromatic heterocycles. The molecule has 0 radical (unpaired) electrons. The lowest BCUT2D eigenvalue weighted by atomic mass is 9.92. The normalized spacial score (nSPS) is 12.0. The van der Waals surface area contributed by atoms with Crippen LogP contribution >= 0.6 is 11.6 Å². The van der Waals surface area contributed by atoms with Gasteiger partial charge < -0.3 is 9.72 Å². The monoisotopic (exact) mass is 390 g/mol. The van der Waals surface area contributed by atoms with Gasteiger partial charge in [0.2, 0.25) is 5.91 Å². The first-order valence-corrected chi connectivity index (χ1v) is 9.42. The number of benzene rings is 1. The van der Waals surface area contributed by atoms with Gasteiger partial charge in [0.25, 0.3) is 0 Å². The van der Waals surface area contributed by atoms with Crippen LogP contribution in [-0.4, -0.2) is 20.3 Å². The van der Waals surface area contributed by atoms with Crippen molar-refractivity contribution in [2.24, 2.45) is 0 Å². The maximum Gasteiger partial charge on any atom is 0.221 e. The Balaban J connectivity index is 1.61. The van der Waals surface area contributed by atoms with E-state index in [1.807, 2.05) is 77.5 Å². The molecule has 0 saturated heterocycles. The summed E-state index contributed by atoms with van der Waals surface area (Å²) in [5.74, 6) is -0.185. The smallest absolute Gasteiger partial charge is 0.221 e. The van der Waals surface area contributed by atoms with Crippen LogP contribution in [0.2, 0.25) is 5.02 Å². The fraction of sp³-hybridized carbons (Fsp3) is 0.136. The highest BCUT2D eigenvalue weighted by molar-refractivity contribution is 6.30. The van der Waals surface area contributed by atoms with Crippen LogP contribution in [0.15, 0.2) is 79.3 Å². The van der Waals surface area contributed by atoms with Crippen LogP contribution in [0.1, 0.15) is 29.3 Å². The summed E-state index contributed by atoms with van der Waals surface area (Å²) < 4.78 is 1.95. The van der Waals surface area contributed by atoms with E-state index in [1.54, 1.807) is 6.20 Å². The van der Waals surface area contributed by atoms with Crippen molar-refractivity contribution in [3.8, 4) is 0 Å². The number of hydrogen-bond donors (Lipinski definition) is 1. The van der Waals surface area contributed by atoms with Crippen molar-refractivity contribution >= 4 is 23.2 Å². The predicted octanol–water partition coefficient (Wildman–Crippen LogP) is 4.22. The van der Waals surface area contributed by atoms with Gasteiger partial charge in [-0.2, -0.15) is 0 Å². The number of nitrogens with one attached hydrogen (secondary N) is 1. The SMILES string of the molecule is O=C(CC(c1ccccc1)c1cnc2ccc(Cl)cn12)NCc1ccccn1. The van der Waals surface area contributed by atoms with Crippen molar-refractivity contribution in [3.05, 3.63) is 101 Å². The van der Waals surface area contributed by atoms with E-state index in [-0.39, 0.29) is 11.8 Å². The second-order valence-electron chi connectivity index (χ2n) is 6.52. The van der Waals surface area contributed by atoms with Crippen LogP contribution in [0.5, 0.6) is 0 Å². The van der Waals surface area contributed by atoms with Gasteiger partial charge >= 0.3 is 0 Å². The van der Waals surface area contributed by atoms with Crippen molar-refractivity contribution in [2.45, 2.75) is 18.9 Å². The van der Waals surface area contributed by atoms with Gasteiger partial charge in [-0.05, 0) is 29.8 Å². The number of imidazole rings is 1. The number of nitrogens with zero attached hydrogens (tertiary/aromatic N) is 3. The summed E-state index contributed by atoms with van der Waals surface area (Å²) in [7, 11) is 0. The maximum atomic E-state index is 12.7. The molecule has 6 heteroatoms. The summed E-state index contributed by atoms with van der Waals surface area (Å²) in [6, 6.07) is 19.3. The van der Waals surface area contributed by atoms with E-state index in [0.29, 0.717) is 18.0 Å². The number of halogens is 1. The Hall–Kier alpha value is -3.18. The summed E-state index contributed by atoms with van der Waals surface area (Å²) in [6.07, 6.45) is 5.67. The molecule has 1 atom stereocenters. The predicted molar refractivity (Wildman–Crippen MR) is 109 cm³/mol. The summed E-state index contributed by atoms with van der Waals surface area (Å²) in [4.78, 5) is 21.4. The molecule has 0 aliphatic heterocycles. The van der Waals surface area contributed by atoms with E-state index in [9.17, 15) is 4.79 Å². The van der Waals surface area contributed by atoms with Crippen LogP contribution in [0.4, 0.5) is 0 Å². The molecule has 0 aliphatic rings. The number of carbonyl (C=O) groups is 1. The third kappa shape index (κ3) is 4.05. The summed E-state index contributed by atoms with van der Waals surface area (Å²) in [5.41, 5.74) is 3.61. The molecule has 0 bridgehead atoms. The maximum absolute atomic E-state index is 12.7. The number of rotatable bonds is 6. The zero-order valence-corrected chi connectivity index (χ0v) is 15.9. The molecule has 0 saturated carbocycles. The second-order valence-corrected chi connectivity index (χ2v) is 6.96. The number of amides is 1. The standard InChI is InChI=1S/C22H19ClN4O/c23-17-9-10-21-25-14-20(27(21)15-17)19(16-6-2-1-3-7-16)12-22(28)26-13-18-8-4-5-11-24-18/h1-11,14-15,19H,12-13H2,(H,26,28). The van der Waals surface area contributed by atoms with Crippen molar-refractivity contribution in [2.75, 3.05) is 0 Å². The Kier molecular flexibility index (Phi) is 5.35. The average Bonchev–Trinajstić information content (AvgIpc) is 3.14. The molecule has 3 heterocycles. The Bertz CT molecular complexity index is 1080. The lowest BCUT2D eigenvalue weighted by Gasteiger charge is -2.17. The van der Waals surface area contributed by atoms with Gasteiger partial charge in [0, 0.05) is 30.9 Å². The molecule has 140 valence electrons. The van der Waals surface area contributed by atoms with Crippen molar-refractivity contribution in [3.63, 3.8) is 0 Å². The van der Waals surface area contributed by atoms with E-state index in [2.05, 4.69) is 15.3 Å². The largest absolute Gasteiger partial charge is 0.350 e. The van der Waals surface area contributed by atoms with Crippen molar-refractivity contribution < 1.29 is 4.79 Å². The summed E-state index contributed by atoms with van der Waals surface area (Å²) in [6.45, 7) is 0.403.